The summed E-state index contributed by atoms with van der Waals surface area (Å²) in [5, 5.41) is 0. The monoisotopic (exact) mass is 279 g/mol. The highest BCUT2D eigenvalue weighted by atomic mass is 16.5. The van der Waals surface area contributed by atoms with Crippen LogP contribution in [0.2, 0.25) is 0 Å². The summed E-state index contributed by atoms with van der Waals surface area (Å²) < 4.78 is 11.5. The SMILES string of the molecule is COC1CCCC(Oc2nc(C(C)C)nc(N)c2C)C1. The third-order valence-corrected chi connectivity index (χ3v) is 3.86. The zero-order chi connectivity index (χ0) is 14.7. The molecule has 2 atom stereocenters. The topological polar surface area (TPSA) is 70.3 Å². The van der Waals surface area contributed by atoms with Gasteiger partial charge in [-0.2, -0.15) is 4.98 Å². The number of nitrogens with two attached hydrogens (primary N) is 1. The van der Waals surface area contributed by atoms with Gasteiger partial charge in [0.1, 0.15) is 17.7 Å². The summed E-state index contributed by atoms with van der Waals surface area (Å²) >= 11 is 0. The van der Waals surface area contributed by atoms with Crippen molar-refractivity contribution in [3.63, 3.8) is 0 Å². The lowest BCUT2D eigenvalue weighted by Gasteiger charge is -2.29. The molecule has 0 bridgehead atoms. The smallest absolute Gasteiger partial charge is 0.222 e. The minimum atomic E-state index is 0.154. The van der Waals surface area contributed by atoms with E-state index in [-0.39, 0.29) is 18.1 Å². The number of rotatable bonds is 4. The minimum absolute atomic E-state index is 0.154. The fourth-order valence-corrected chi connectivity index (χ4v) is 2.48. The van der Waals surface area contributed by atoms with Crippen LogP contribution in [0.25, 0.3) is 0 Å². The molecular weight excluding hydrogens is 254 g/mol. The van der Waals surface area contributed by atoms with E-state index in [9.17, 15) is 0 Å². The van der Waals surface area contributed by atoms with Crippen LogP contribution < -0.4 is 10.5 Å². The van der Waals surface area contributed by atoms with Crippen molar-refractivity contribution in [1.29, 1.82) is 0 Å². The molecule has 5 nitrogen and oxygen atoms in total. The first kappa shape index (κ1) is 15.0. The predicted molar refractivity (Wildman–Crippen MR) is 79.0 cm³/mol. The quantitative estimate of drug-likeness (QED) is 0.917. The Kier molecular flexibility index (Phi) is 4.81. The van der Waals surface area contributed by atoms with Gasteiger partial charge in [-0.3, -0.25) is 0 Å². The van der Waals surface area contributed by atoms with Crippen LogP contribution in [0.5, 0.6) is 5.88 Å². The van der Waals surface area contributed by atoms with Crippen molar-refractivity contribution >= 4 is 5.82 Å². The molecule has 112 valence electrons. The number of nitrogens with zero attached hydrogens (tertiary/aromatic N) is 2. The van der Waals surface area contributed by atoms with Gasteiger partial charge in [0.05, 0.1) is 11.7 Å². The minimum Gasteiger partial charge on any atom is -0.474 e. The largest absolute Gasteiger partial charge is 0.474 e. The summed E-state index contributed by atoms with van der Waals surface area (Å²) in [6.07, 6.45) is 4.63. The Morgan fingerprint density at radius 1 is 1.20 bits per heavy atom. The molecule has 1 heterocycles. The second-order valence-corrected chi connectivity index (χ2v) is 5.82. The number of hydrogen-bond acceptors (Lipinski definition) is 5. The van der Waals surface area contributed by atoms with E-state index in [4.69, 9.17) is 15.2 Å². The van der Waals surface area contributed by atoms with Gasteiger partial charge in [0.2, 0.25) is 5.88 Å². The van der Waals surface area contributed by atoms with E-state index in [2.05, 4.69) is 23.8 Å². The Morgan fingerprint density at radius 3 is 2.55 bits per heavy atom. The van der Waals surface area contributed by atoms with Crippen LogP contribution in [0.4, 0.5) is 5.82 Å². The van der Waals surface area contributed by atoms with Crippen molar-refractivity contribution in [3.05, 3.63) is 11.4 Å². The Morgan fingerprint density at radius 2 is 1.90 bits per heavy atom. The maximum Gasteiger partial charge on any atom is 0.222 e. The van der Waals surface area contributed by atoms with Crippen molar-refractivity contribution in [2.45, 2.75) is 64.6 Å². The first-order valence-corrected chi connectivity index (χ1v) is 7.34. The highest BCUT2D eigenvalue weighted by Gasteiger charge is 2.24. The Bertz CT molecular complexity index is 463. The van der Waals surface area contributed by atoms with Gasteiger partial charge in [-0.05, 0) is 26.2 Å². The number of methoxy groups -OCH3 is 1. The summed E-state index contributed by atoms with van der Waals surface area (Å²) in [6, 6.07) is 0. The molecule has 1 aliphatic carbocycles. The molecule has 2 rings (SSSR count). The molecule has 0 aliphatic heterocycles. The molecule has 2 unspecified atom stereocenters. The van der Waals surface area contributed by atoms with E-state index in [1.807, 2.05) is 6.92 Å². The zero-order valence-electron chi connectivity index (χ0n) is 12.8. The lowest BCUT2D eigenvalue weighted by atomic mass is 9.95. The van der Waals surface area contributed by atoms with Gasteiger partial charge < -0.3 is 15.2 Å². The lowest BCUT2D eigenvalue weighted by molar-refractivity contribution is 0.0191. The average Bonchev–Trinajstić information content (AvgIpc) is 2.43. The van der Waals surface area contributed by atoms with E-state index in [1.54, 1.807) is 7.11 Å². The standard InChI is InChI=1S/C15H25N3O2/c1-9(2)14-17-13(16)10(3)15(18-14)20-12-7-5-6-11(8-12)19-4/h9,11-12H,5-8H2,1-4H3,(H2,16,17,18). The molecule has 5 heteroatoms. The molecular formula is C15H25N3O2. The first-order chi connectivity index (χ1) is 9.51. The van der Waals surface area contributed by atoms with Crippen LogP contribution in [0.3, 0.4) is 0 Å². The normalized spacial score (nSPS) is 23.1. The van der Waals surface area contributed by atoms with Crippen LogP contribution in [0.1, 0.15) is 56.8 Å². The lowest BCUT2D eigenvalue weighted by Crippen LogP contribution is -2.30. The van der Waals surface area contributed by atoms with Crippen LogP contribution in [-0.4, -0.2) is 29.3 Å². The molecule has 1 aromatic rings. The Balaban J connectivity index is 2.15. The first-order valence-electron chi connectivity index (χ1n) is 7.34. The van der Waals surface area contributed by atoms with Crippen molar-refractivity contribution in [2.75, 3.05) is 12.8 Å². The maximum atomic E-state index is 6.08. The number of hydrogen-bond donors (Lipinski definition) is 1. The molecule has 0 amide bonds. The van der Waals surface area contributed by atoms with Gasteiger partial charge in [0, 0.05) is 19.4 Å². The molecule has 0 spiro atoms. The average molecular weight is 279 g/mol. The number of aromatic nitrogens is 2. The van der Waals surface area contributed by atoms with E-state index in [0.717, 1.165) is 37.1 Å². The van der Waals surface area contributed by atoms with Crippen molar-refractivity contribution in [1.82, 2.24) is 9.97 Å². The summed E-state index contributed by atoms with van der Waals surface area (Å²) in [5.41, 5.74) is 6.79. The van der Waals surface area contributed by atoms with Crippen LogP contribution in [0.15, 0.2) is 0 Å². The third kappa shape index (κ3) is 3.39. The highest BCUT2D eigenvalue weighted by Crippen LogP contribution is 2.28. The highest BCUT2D eigenvalue weighted by molar-refractivity contribution is 5.44. The predicted octanol–water partition coefficient (Wildman–Crippen LogP) is 2.83. The van der Waals surface area contributed by atoms with Crippen molar-refractivity contribution in [3.8, 4) is 5.88 Å². The van der Waals surface area contributed by atoms with Crippen LogP contribution in [0, 0.1) is 6.92 Å². The Hall–Kier alpha value is -1.36. The maximum absolute atomic E-state index is 6.08. The number of anilines is 1. The fraction of sp³-hybridized carbons (Fsp3) is 0.733. The van der Waals surface area contributed by atoms with Gasteiger partial charge in [-0.15, -0.1) is 0 Å². The van der Waals surface area contributed by atoms with E-state index < -0.39 is 0 Å². The zero-order valence-corrected chi connectivity index (χ0v) is 12.8. The van der Waals surface area contributed by atoms with Crippen molar-refractivity contribution < 1.29 is 9.47 Å². The van der Waals surface area contributed by atoms with Gasteiger partial charge in [-0.25, -0.2) is 4.98 Å². The summed E-state index contributed by atoms with van der Waals surface area (Å²) in [7, 11) is 1.76. The van der Waals surface area contributed by atoms with Gasteiger partial charge in [-0.1, -0.05) is 13.8 Å². The molecule has 1 aromatic heterocycles. The second-order valence-electron chi connectivity index (χ2n) is 5.82. The van der Waals surface area contributed by atoms with Crippen LogP contribution >= 0.6 is 0 Å². The molecule has 1 aliphatic rings. The molecule has 2 N–H and O–H groups in total. The van der Waals surface area contributed by atoms with Gasteiger partial charge >= 0.3 is 0 Å². The number of ether oxygens (including phenoxy) is 2. The summed E-state index contributed by atoms with van der Waals surface area (Å²) in [5.74, 6) is 2.11. The summed E-state index contributed by atoms with van der Waals surface area (Å²) in [6.45, 7) is 6.01. The number of nitrogen functional groups attached to an aromatic ring is 1. The molecule has 20 heavy (non-hydrogen) atoms. The Labute approximate surface area is 120 Å². The summed E-state index contributed by atoms with van der Waals surface area (Å²) in [4.78, 5) is 8.84. The fourth-order valence-electron chi connectivity index (χ4n) is 2.48. The van der Waals surface area contributed by atoms with Gasteiger partial charge in [0.15, 0.2) is 0 Å². The second kappa shape index (κ2) is 6.39. The molecule has 0 aromatic carbocycles. The van der Waals surface area contributed by atoms with E-state index in [0.29, 0.717) is 11.7 Å². The van der Waals surface area contributed by atoms with Crippen LogP contribution in [-0.2, 0) is 4.74 Å². The third-order valence-electron chi connectivity index (χ3n) is 3.86. The molecule has 0 saturated heterocycles. The van der Waals surface area contributed by atoms with Crippen molar-refractivity contribution in [2.24, 2.45) is 0 Å². The molecule has 1 saturated carbocycles. The van der Waals surface area contributed by atoms with E-state index in [1.165, 1.54) is 0 Å². The van der Waals surface area contributed by atoms with E-state index >= 15 is 0 Å². The molecule has 1 fully saturated rings. The van der Waals surface area contributed by atoms with Gasteiger partial charge in [0.25, 0.3) is 0 Å². The molecule has 0 radical (unpaired) electrons.